The molecule has 18 heavy (non-hydrogen) atoms. The van der Waals surface area contributed by atoms with Crippen LogP contribution in [0.4, 0.5) is 0 Å². The normalized spacial score (nSPS) is 24.1. The lowest BCUT2D eigenvalue weighted by Gasteiger charge is -2.38. The molecule has 1 amide bonds. The average Bonchev–Trinajstić information content (AvgIpc) is 2.34. The van der Waals surface area contributed by atoms with E-state index in [4.69, 9.17) is 0 Å². The number of methoxy groups -OCH3 is 1. The molecule has 0 aromatic rings. The summed E-state index contributed by atoms with van der Waals surface area (Å²) in [7, 11) is 1.33. The Hall–Kier alpha value is -1.10. The van der Waals surface area contributed by atoms with Gasteiger partial charge in [0.1, 0.15) is 6.04 Å². The van der Waals surface area contributed by atoms with Crippen LogP contribution in [-0.4, -0.2) is 37.6 Å². The van der Waals surface area contributed by atoms with Gasteiger partial charge in [-0.1, -0.05) is 20.8 Å². The van der Waals surface area contributed by atoms with Gasteiger partial charge in [0.15, 0.2) is 0 Å². The first-order chi connectivity index (χ1) is 8.42. The average molecular weight is 256 g/mol. The molecule has 1 rings (SSSR count). The molecule has 0 aromatic carbocycles. The molecule has 1 saturated heterocycles. The fraction of sp³-hybridized carbons (Fsp3) is 0.846. The molecule has 0 radical (unpaired) electrons. The fourth-order valence-corrected chi connectivity index (χ4v) is 2.38. The number of carbonyl (C=O) groups is 2. The third-order valence-electron chi connectivity index (χ3n) is 3.60. The summed E-state index contributed by atoms with van der Waals surface area (Å²) in [6, 6.07) is -0.799. The molecule has 1 fully saturated rings. The number of hydrogen-bond acceptors (Lipinski definition) is 4. The number of piperidine rings is 1. The third-order valence-corrected chi connectivity index (χ3v) is 3.60. The van der Waals surface area contributed by atoms with Gasteiger partial charge in [0.25, 0.3) is 0 Å². The van der Waals surface area contributed by atoms with Gasteiger partial charge in [-0.3, -0.25) is 4.79 Å². The van der Waals surface area contributed by atoms with Gasteiger partial charge in [-0.2, -0.15) is 0 Å². The standard InChI is InChI=1S/C13H24N2O3/c1-5-9(12(17)18-4)15-11(16)10-13(2,3)7-6-8-14-10/h9-10,14H,5-8H2,1-4H3,(H,15,16). The quantitative estimate of drug-likeness (QED) is 0.731. The summed E-state index contributed by atoms with van der Waals surface area (Å²) in [5.74, 6) is -0.503. The van der Waals surface area contributed by atoms with Crippen molar-refractivity contribution < 1.29 is 14.3 Å². The molecule has 1 heterocycles. The zero-order valence-electron chi connectivity index (χ0n) is 11.7. The summed E-state index contributed by atoms with van der Waals surface area (Å²) in [4.78, 5) is 23.7. The molecule has 0 bridgehead atoms. The van der Waals surface area contributed by atoms with Crippen LogP contribution >= 0.6 is 0 Å². The predicted molar refractivity (Wildman–Crippen MR) is 69.0 cm³/mol. The first-order valence-corrected chi connectivity index (χ1v) is 6.54. The molecule has 5 heteroatoms. The van der Waals surface area contributed by atoms with Crippen LogP contribution in [0.15, 0.2) is 0 Å². The molecule has 1 aliphatic rings. The molecule has 0 aliphatic carbocycles. The molecule has 104 valence electrons. The van der Waals surface area contributed by atoms with E-state index in [0.29, 0.717) is 6.42 Å². The number of carbonyl (C=O) groups excluding carboxylic acids is 2. The summed E-state index contributed by atoms with van der Waals surface area (Å²) < 4.78 is 4.67. The van der Waals surface area contributed by atoms with Gasteiger partial charge in [-0.05, 0) is 31.2 Å². The number of ether oxygens (including phenoxy) is 1. The van der Waals surface area contributed by atoms with Gasteiger partial charge >= 0.3 is 5.97 Å². The van der Waals surface area contributed by atoms with Gasteiger partial charge in [-0.25, -0.2) is 4.79 Å². The van der Waals surface area contributed by atoms with E-state index in [-0.39, 0.29) is 23.3 Å². The van der Waals surface area contributed by atoms with E-state index in [2.05, 4.69) is 29.2 Å². The molecule has 0 spiro atoms. The molecule has 2 unspecified atom stereocenters. The molecular formula is C13H24N2O3. The predicted octanol–water partition coefficient (Wildman–Crippen LogP) is 0.832. The van der Waals surface area contributed by atoms with Crippen LogP contribution in [0.25, 0.3) is 0 Å². The van der Waals surface area contributed by atoms with E-state index in [1.165, 1.54) is 7.11 Å². The zero-order chi connectivity index (χ0) is 13.8. The van der Waals surface area contributed by atoms with Gasteiger partial charge < -0.3 is 15.4 Å². The van der Waals surface area contributed by atoms with Crippen LogP contribution in [0.5, 0.6) is 0 Å². The lowest BCUT2D eigenvalue weighted by atomic mass is 9.77. The van der Waals surface area contributed by atoms with Crippen molar-refractivity contribution in [1.82, 2.24) is 10.6 Å². The van der Waals surface area contributed by atoms with Gasteiger partial charge in [-0.15, -0.1) is 0 Å². The highest BCUT2D eigenvalue weighted by atomic mass is 16.5. The van der Waals surface area contributed by atoms with Gasteiger partial charge in [0.2, 0.25) is 5.91 Å². The van der Waals surface area contributed by atoms with Crippen molar-refractivity contribution in [2.75, 3.05) is 13.7 Å². The Morgan fingerprint density at radius 2 is 2.17 bits per heavy atom. The van der Waals surface area contributed by atoms with Crippen molar-refractivity contribution in [1.29, 1.82) is 0 Å². The van der Waals surface area contributed by atoms with Crippen molar-refractivity contribution in [3.05, 3.63) is 0 Å². The summed E-state index contributed by atoms with van der Waals surface area (Å²) in [6.45, 7) is 6.84. The molecule has 0 saturated carbocycles. The summed E-state index contributed by atoms with van der Waals surface area (Å²) in [5.41, 5.74) is -0.0866. The van der Waals surface area contributed by atoms with E-state index in [9.17, 15) is 9.59 Å². The van der Waals surface area contributed by atoms with Crippen LogP contribution in [0.3, 0.4) is 0 Å². The van der Waals surface area contributed by atoms with Crippen LogP contribution in [0.2, 0.25) is 0 Å². The minimum Gasteiger partial charge on any atom is -0.467 e. The molecular weight excluding hydrogens is 232 g/mol. The highest BCUT2D eigenvalue weighted by molar-refractivity contribution is 5.88. The van der Waals surface area contributed by atoms with Crippen molar-refractivity contribution in [2.45, 2.75) is 52.1 Å². The first kappa shape index (κ1) is 15.0. The SMILES string of the molecule is CCC(NC(=O)C1NCCCC1(C)C)C(=O)OC. The third kappa shape index (κ3) is 3.45. The van der Waals surface area contributed by atoms with Gasteiger partial charge in [0.05, 0.1) is 13.2 Å². The molecule has 1 aliphatic heterocycles. The second-order valence-electron chi connectivity index (χ2n) is 5.47. The van der Waals surface area contributed by atoms with Crippen LogP contribution in [0, 0.1) is 5.41 Å². The topological polar surface area (TPSA) is 67.4 Å². The van der Waals surface area contributed by atoms with E-state index >= 15 is 0 Å². The van der Waals surface area contributed by atoms with Crippen molar-refractivity contribution >= 4 is 11.9 Å². The van der Waals surface area contributed by atoms with Crippen LogP contribution in [-0.2, 0) is 14.3 Å². The monoisotopic (exact) mass is 256 g/mol. The van der Waals surface area contributed by atoms with E-state index in [1.54, 1.807) is 0 Å². The minimum atomic E-state index is -0.554. The highest BCUT2D eigenvalue weighted by Crippen LogP contribution is 2.30. The summed E-state index contributed by atoms with van der Waals surface area (Å²) in [6.07, 6.45) is 2.61. The zero-order valence-corrected chi connectivity index (χ0v) is 11.7. The van der Waals surface area contributed by atoms with Crippen molar-refractivity contribution in [2.24, 2.45) is 5.41 Å². The second kappa shape index (κ2) is 6.18. The smallest absolute Gasteiger partial charge is 0.328 e. The minimum absolute atomic E-state index is 0.0866. The Bertz CT molecular complexity index is 315. The maximum absolute atomic E-state index is 12.2. The molecule has 2 atom stereocenters. The Kier molecular flexibility index (Phi) is 5.14. The lowest BCUT2D eigenvalue weighted by Crippen LogP contribution is -2.58. The fourth-order valence-electron chi connectivity index (χ4n) is 2.38. The lowest BCUT2D eigenvalue weighted by molar-refractivity contribution is -0.146. The summed E-state index contributed by atoms with van der Waals surface area (Å²) >= 11 is 0. The van der Waals surface area contributed by atoms with Crippen molar-refractivity contribution in [3.63, 3.8) is 0 Å². The largest absolute Gasteiger partial charge is 0.467 e. The van der Waals surface area contributed by atoms with Crippen LogP contribution in [0.1, 0.15) is 40.0 Å². The van der Waals surface area contributed by atoms with Crippen LogP contribution < -0.4 is 10.6 Å². The molecule has 2 N–H and O–H groups in total. The Balaban J connectivity index is 2.66. The number of rotatable bonds is 4. The number of esters is 1. The van der Waals surface area contributed by atoms with E-state index in [1.807, 2.05) is 6.92 Å². The van der Waals surface area contributed by atoms with E-state index < -0.39 is 6.04 Å². The van der Waals surface area contributed by atoms with Gasteiger partial charge in [0, 0.05) is 0 Å². The van der Waals surface area contributed by atoms with Crippen molar-refractivity contribution in [3.8, 4) is 0 Å². The van der Waals surface area contributed by atoms with E-state index in [0.717, 1.165) is 19.4 Å². The summed E-state index contributed by atoms with van der Waals surface area (Å²) in [5, 5.41) is 6.00. The number of hydrogen-bond donors (Lipinski definition) is 2. The maximum atomic E-state index is 12.2. The maximum Gasteiger partial charge on any atom is 0.328 e. The first-order valence-electron chi connectivity index (χ1n) is 6.54. The highest BCUT2D eigenvalue weighted by Gasteiger charge is 2.38. The number of amides is 1. The number of nitrogens with one attached hydrogen (secondary N) is 2. The Morgan fingerprint density at radius 1 is 1.50 bits per heavy atom. The second-order valence-corrected chi connectivity index (χ2v) is 5.47. The molecule has 5 nitrogen and oxygen atoms in total. The Morgan fingerprint density at radius 3 is 2.67 bits per heavy atom. The Labute approximate surface area is 109 Å². The molecule has 0 aromatic heterocycles.